The van der Waals surface area contributed by atoms with Crippen LogP contribution in [-0.4, -0.2) is 87.4 Å². The Kier molecular flexibility index (Phi) is 12.0. The fraction of sp³-hybridized carbons (Fsp3) is 0.750. The van der Waals surface area contributed by atoms with E-state index in [1.54, 1.807) is 0 Å². The zero-order valence-electron chi connectivity index (χ0n) is 17.0. The summed E-state index contributed by atoms with van der Waals surface area (Å²) in [6.45, 7) is 23.3. The van der Waals surface area contributed by atoms with E-state index in [1.807, 2.05) is 12.2 Å². The molecule has 0 aromatic carbocycles. The van der Waals surface area contributed by atoms with E-state index < -0.39 is 0 Å². The summed E-state index contributed by atoms with van der Waals surface area (Å²) in [7, 11) is 0. The van der Waals surface area contributed by atoms with Crippen LogP contribution < -0.4 is 10.6 Å². The minimum atomic E-state index is 0.362. The van der Waals surface area contributed by atoms with Gasteiger partial charge in [-0.3, -0.25) is 14.8 Å². The molecule has 26 heavy (non-hydrogen) atoms. The maximum atomic E-state index is 5.40. The summed E-state index contributed by atoms with van der Waals surface area (Å²) in [5, 5.41) is 6.82. The fourth-order valence-corrected chi connectivity index (χ4v) is 3.11. The SMILES string of the molecule is C=CCN(CC=C)C(CN=C(NCC)NCCN1CCOCC1)C(C)C. The van der Waals surface area contributed by atoms with Gasteiger partial charge in [0.05, 0.1) is 19.8 Å². The molecule has 2 N–H and O–H groups in total. The summed E-state index contributed by atoms with van der Waals surface area (Å²) in [6.07, 6.45) is 3.91. The van der Waals surface area contributed by atoms with Gasteiger partial charge < -0.3 is 15.4 Å². The van der Waals surface area contributed by atoms with E-state index in [9.17, 15) is 0 Å². The molecule has 0 aliphatic carbocycles. The largest absolute Gasteiger partial charge is 0.379 e. The molecular formula is C20H39N5O. The summed E-state index contributed by atoms with van der Waals surface area (Å²) in [4.78, 5) is 9.65. The topological polar surface area (TPSA) is 52.1 Å². The van der Waals surface area contributed by atoms with Crippen molar-refractivity contribution in [1.82, 2.24) is 20.4 Å². The van der Waals surface area contributed by atoms with Gasteiger partial charge >= 0.3 is 0 Å². The lowest BCUT2D eigenvalue weighted by molar-refractivity contribution is 0.0389. The Morgan fingerprint density at radius 2 is 1.85 bits per heavy atom. The highest BCUT2D eigenvalue weighted by Gasteiger charge is 2.20. The third-order valence-corrected chi connectivity index (χ3v) is 4.57. The number of ether oxygens (including phenoxy) is 1. The Bertz CT molecular complexity index is 408. The van der Waals surface area contributed by atoms with E-state index in [0.717, 1.165) is 71.5 Å². The number of guanidine groups is 1. The molecule has 1 heterocycles. The lowest BCUT2D eigenvalue weighted by atomic mass is 10.0. The summed E-state index contributed by atoms with van der Waals surface area (Å²) in [5.41, 5.74) is 0. The van der Waals surface area contributed by atoms with Crippen molar-refractivity contribution in [2.24, 2.45) is 10.9 Å². The number of rotatable bonds is 12. The van der Waals surface area contributed by atoms with Crippen LogP contribution in [0.3, 0.4) is 0 Å². The van der Waals surface area contributed by atoms with Crippen molar-refractivity contribution in [3.63, 3.8) is 0 Å². The molecule has 0 aromatic rings. The summed E-state index contributed by atoms with van der Waals surface area (Å²) in [5.74, 6) is 1.40. The highest BCUT2D eigenvalue weighted by molar-refractivity contribution is 5.79. The van der Waals surface area contributed by atoms with Gasteiger partial charge in [0.25, 0.3) is 0 Å². The molecule has 0 spiro atoms. The lowest BCUT2D eigenvalue weighted by Gasteiger charge is -2.32. The Balaban J connectivity index is 2.58. The van der Waals surface area contributed by atoms with E-state index in [4.69, 9.17) is 9.73 Å². The standard InChI is InChI=1S/C20H39N5O/c1-6-10-25(11-7-2)19(18(4)5)17-23-20(21-8-3)22-9-12-24-13-15-26-16-14-24/h6-7,18-19H,1-2,8-17H2,3-5H3,(H2,21,22,23). The molecule has 0 bridgehead atoms. The number of hydrogen-bond acceptors (Lipinski definition) is 4. The van der Waals surface area contributed by atoms with E-state index in [2.05, 4.69) is 54.4 Å². The molecule has 0 saturated carbocycles. The fourth-order valence-electron chi connectivity index (χ4n) is 3.11. The highest BCUT2D eigenvalue weighted by Crippen LogP contribution is 2.11. The summed E-state index contributed by atoms with van der Waals surface area (Å²) >= 11 is 0. The van der Waals surface area contributed by atoms with Crippen LogP contribution in [0, 0.1) is 5.92 Å². The monoisotopic (exact) mass is 365 g/mol. The van der Waals surface area contributed by atoms with Gasteiger partial charge in [0.1, 0.15) is 0 Å². The Morgan fingerprint density at radius 1 is 1.19 bits per heavy atom. The summed E-state index contributed by atoms with van der Waals surface area (Å²) in [6, 6.07) is 0.362. The van der Waals surface area contributed by atoms with Crippen LogP contribution in [0.25, 0.3) is 0 Å². The number of nitrogens with one attached hydrogen (secondary N) is 2. The van der Waals surface area contributed by atoms with E-state index >= 15 is 0 Å². The first-order valence-electron chi connectivity index (χ1n) is 9.90. The van der Waals surface area contributed by atoms with Crippen LogP contribution in [0.4, 0.5) is 0 Å². The van der Waals surface area contributed by atoms with Crippen LogP contribution >= 0.6 is 0 Å². The number of morpholine rings is 1. The maximum absolute atomic E-state index is 5.40. The maximum Gasteiger partial charge on any atom is 0.191 e. The Hall–Kier alpha value is -1.37. The van der Waals surface area contributed by atoms with Gasteiger partial charge in [0, 0.05) is 51.9 Å². The van der Waals surface area contributed by atoms with Crippen LogP contribution in [0.1, 0.15) is 20.8 Å². The number of aliphatic imine (C=N–C) groups is 1. The van der Waals surface area contributed by atoms with Crippen LogP contribution in [0.2, 0.25) is 0 Å². The molecule has 0 aromatic heterocycles. The minimum Gasteiger partial charge on any atom is -0.379 e. The first kappa shape index (κ1) is 22.7. The predicted molar refractivity (Wildman–Crippen MR) is 112 cm³/mol. The van der Waals surface area contributed by atoms with E-state index in [0.29, 0.717) is 12.0 Å². The normalized spacial score (nSPS) is 17.3. The quantitative estimate of drug-likeness (QED) is 0.312. The van der Waals surface area contributed by atoms with Gasteiger partial charge in [0.15, 0.2) is 5.96 Å². The average molecular weight is 366 g/mol. The van der Waals surface area contributed by atoms with Crippen molar-refractivity contribution in [1.29, 1.82) is 0 Å². The molecule has 150 valence electrons. The molecule has 6 nitrogen and oxygen atoms in total. The second kappa shape index (κ2) is 13.8. The molecular weight excluding hydrogens is 326 g/mol. The van der Waals surface area contributed by atoms with Gasteiger partial charge in [-0.25, -0.2) is 0 Å². The lowest BCUT2D eigenvalue weighted by Crippen LogP contribution is -2.46. The summed E-state index contributed by atoms with van der Waals surface area (Å²) < 4.78 is 5.40. The van der Waals surface area contributed by atoms with Crippen LogP contribution in [0.15, 0.2) is 30.3 Å². The van der Waals surface area contributed by atoms with Crippen LogP contribution in [-0.2, 0) is 4.74 Å². The Morgan fingerprint density at radius 3 is 2.38 bits per heavy atom. The molecule has 0 amide bonds. The van der Waals surface area contributed by atoms with Crippen molar-refractivity contribution in [3.8, 4) is 0 Å². The zero-order chi connectivity index (χ0) is 19.2. The molecule has 1 unspecified atom stereocenters. The third-order valence-electron chi connectivity index (χ3n) is 4.57. The number of hydrogen-bond donors (Lipinski definition) is 2. The van der Waals surface area contributed by atoms with Crippen molar-refractivity contribution in [2.75, 3.05) is 65.6 Å². The first-order valence-corrected chi connectivity index (χ1v) is 9.90. The molecule has 0 radical (unpaired) electrons. The second-order valence-electron chi connectivity index (χ2n) is 6.94. The third kappa shape index (κ3) is 8.83. The van der Waals surface area contributed by atoms with Crippen molar-refractivity contribution >= 4 is 5.96 Å². The zero-order valence-corrected chi connectivity index (χ0v) is 17.0. The second-order valence-corrected chi connectivity index (χ2v) is 6.94. The molecule has 1 aliphatic rings. The van der Waals surface area contributed by atoms with Crippen molar-refractivity contribution in [2.45, 2.75) is 26.8 Å². The van der Waals surface area contributed by atoms with Crippen molar-refractivity contribution in [3.05, 3.63) is 25.3 Å². The molecule has 1 fully saturated rings. The van der Waals surface area contributed by atoms with Gasteiger partial charge in [-0.15, -0.1) is 13.2 Å². The van der Waals surface area contributed by atoms with Gasteiger partial charge in [-0.1, -0.05) is 26.0 Å². The van der Waals surface area contributed by atoms with E-state index in [1.165, 1.54) is 0 Å². The Labute approximate surface area is 160 Å². The van der Waals surface area contributed by atoms with E-state index in [-0.39, 0.29) is 0 Å². The molecule has 1 aliphatic heterocycles. The average Bonchev–Trinajstić information content (AvgIpc) is 2.62. The van der Waals surface area contributed by atoms with Gasteiger partial charge in [-0.05, 0) is 12.8 Å². The molecule has 6 heteroatoms. The number of nitrogens with zero attached hydrogens (tertiary/aromatic N) is 3. The smallest absolute Gasteiger partial charge is 0.191 e. The van der Waals surface area contributed by atoms with Crippen LogP contribution in [0.5, 0.6) is 0 Å². The van der Waals surface area contributed by atoms with Crippen molar-refractivity contribution < 1.29 is 4.74 Å². The molecule has 1 saturated heterocycles. The first-order chi connectivity index (χ1) is 12.6. The minimum absolute atomic E-state index is 0.362. The van der Waals surface area contributed by atoms with Gasteiger partial charge in [-0.2, -0.15) is 0 Å². The van der Waals surface area contributed by atoms with Gasteiger partial charge in [0.2, 0.25) is 0 Å². The molecule has 1 rings (SSSR count). The molecule has 1 atom stereocenters. The predicted octanol–water partition coefficient (Wildman–Crippen LogP) is 1.57. The highest BCUT2D eigenvalue weighted by atomic mass is 16.5.